The number of hydrogen-bond donors (Lipinski definition) is 0. The molecule has 86 valence electrons. The summed E-state index contributed by atoms with van der Waals surface area (Å²) < 4.78 is 0. The fourth-order valence-corrected chi connectivity index (χ4v) is 3.13. The zero-order valence-corrected chi connectivity index (χ0v) is 10.0. The minimum absolute atomic E-state index is 0.267. The Morgan fingerprint density at radius 2 is 1.80 bits per heavy atom. The second-order valence-electron chi connectivity index (χ2n) is 5.41. The Balaban J connectivity index is 1.98. The van der Waals surface area contributed by atoms with E-state index in [0.29, 0.717) is 11.8 Å². The molecular formula is C13H23NO. The smallest absolute Gasteiger partial charge is 0.138 e. The summed E-state index contributed by atoms with van der Waals surface area (Å²) in [6.45, 7) is 5.31. The fourth-order valence-electron chi connectivity index (χ4n) is 3.13. The van der Waals surface area contributed by atoms with Crippen molar-refractivity contribution in [3.63, 3.8) is 0 Å². The maximum atomic E-state index is 11.6. The molecule has 0 bridgehead atoms. The molecule has 0 aromatic carbocycles. The summed E-state index contributed by atoms with van der Waals surface area (Å²) in [4.78, 5) is 14.2. The summed E-state index contributed by atoms with van der Waals surface area (Å²) in [7, 11) is 0. The highest BCUT2D eigenvalue weighted by atomic mass is 16.1. The summed E-state index contributed by atoms with van der Waals surface area (Å²) in [5, 5.41) is 0. The van der Waals surface area contributed by atoms with E-state index < -0.39 is 0 Å². The first-order valence-corrected chi connectivity index (χ1v) is 6.47. The summed E-state index contributed by atoms with van der Waals surface area (Å²) >= 11 is 0. The first kappa shape index (κ1) is 11.1. The van der Waals surface area contributed by atoms with Crippen LogP contribution in [0.1, 0.15) is 52.4 Å². The van der Waals surface area contributed by atoms with Crippen molar-refractivity contribution in [2.75, 3.05) is 6.54 Å². The molecule has 0 unspecified atom stereocenters. The number of hydrogen-bond acceptors (Lipinski definition) is 2. The van der Waals surface area contributed by atoms with Gasteiger partial charge in [0.15, 0.2) is 0 Å². The van der Waals surface area contributed by atoms with E-state index in [9.17, 15) is 4.79 Å². The standard InChI is InChI=1S/C13H23NO/c1-10-9-14(11(2)8-13(10)15)12-6-4-3-5-7-12/h10-12H,3-9H2,1-2H3/t10-,11-/m1/s1. The second-order valence-corrected chi connectivity index (χ2v) is 5.41. The Morgan fingerprint density at radius 1 is 1.13 bits per heavy atom. The van der Waals surface area contributed by atoms with Crippen molar-refractivity contribution >= 4 is 5.78 Å². The van der Waals surface area contributed by atoms with Crippen molar-refractivity contribution < 1.29 is 4.79 Å². The number of rotatable bonds is 1. The minimum Gasteiger partial charge on any atom is -0.299 e. The number of Topliss-reactive ketones (excluding diaryl/α,β-unsaturated/α-hetero) is 1. The van der Waals surface area contributed by atoms with Crippen LogP contribution in [-0.4, -0.2) is 29.3 Å². The van der Waals surface area contributed by atoms with Crippen LogP contribution >= 0.6 is 0 Å². The van der Waals surface area contributed by atoms with Crippen LogP contribution in [0.4, 0.5) is 0 Å². The highest BCUT2D eigenvalue weighted by Crippen LogP contribution is 2.28. The Hall–Kier alpha value is -0.370. The van der Waals surface area contributed by atoms with Gasteiger partial charge in [0.1, 0.15) is 5.78 Å². The zero-order valence-electron chi connectivity index (χ0n) is 10.0. The molecule has 1 saturated carbocycles. The number of piperidine rings is 1. The van der Waals surface area contributed by atoms with Crippen LogP contribution in [-0.2, 0) is 4.79 Å². The van der Waals surface area contributed by atoms with E-state index in [1.165, 1.54) is 32.1 Å². The molecule has 2 rings (SSSR count). The maximum Gasteiger partial charge on any atom is 0.138 e. The van der Waals surface area contributed by atoms with Crippen LogP contribution in [0.15, 0.2) is 0 Å². The van der Waals surface area contributed by atoms with Gasteiger partial charge in [0.2, 0.25) is 0 Å². The van der Waals surface area contributed by atoms with E-state index in [1.54, 1.807) is 0 Å². The van der Waals surface area contributed by atoms with Crippen molar-refractivity contribution in [2.24, 2.45) is 5.92 Å². The topological polar surface area (TPSA) is 20.3 Å². The van der Waals surface area contributed by atoms with Gasteiger partial charge in [-0.05, 0) is 19.8 Å². The Bertz CT molecular complexity index is 233. The lowest BCUT2D eigenvalue weighted by atomic mass is 9.87. The summed E-state index contributed by atoms with van der Waals surface area (Å²) in [6.07, 6.45) is 7.66. The third kappa shape index (κ3) is 2.41. The van der Waals surface area contributed by atoms with E-state index in [1.807, 2.05) is 0 Å². The normalized spacial score (nSPS) is 35.7. The van der Waals surface area contributed by atoms with Gasteiger partial charge in [-0.3, -0.25) is 9.69 Å². The van der Waals surface area contributed by atoms with Crippen molar-refractivity contribution in [3.05, 3.63) is 0 Å². The molecule has 2 fully saturated rings. The van der Waals surface area contributed by atoms with Crippen LogP contribution in [0.5, 0.6) is 0 Å². The van der Waals surface area contributed by atoms with Gasteiger partial charge in [-0.15, -0.1) is 0 Å². The van der Waals surface area contributed by atoms with Gasteiger partial charge in [-0.1, -0.05) is 26.2 Å². The van der Waals surface area contributed by atoms with Crippen molar-refractivity contribution in [1.82, 2.24) is 4.90 Å². The predicted molar refractivity (Wildman–Crippen MR) is 61.8 cm³/mol. The number of carbonyl (C=O) groups excluding carboxylic acids is 1. The quantitative estimate of drug-likeness (QED) is 0.661. The lowest BCUT2D eigenvalue weighted by Crippen LogP contribution is -2.51. The van der Waals surface area contributed by atoms with Gasteiger partial charge in [0.25, 0.3) is 0 Å². The molecule has 1 heterocycles. The van der Waals surface area contributed by atoms with Crippen LogP contribution in [0, 0.1) is 5.92 Å². The highest BCUT2D eigenvalue weighted by molar-refractivity contribution is 5.82. The molecule has 2 nitrogen and oxygen atoms in total. The van der Waals surface area contributed by atoms with Gasteiger partial charge in [-0.25, -0.2) is 0 Å². The average molecular weight is 209 g/mol. The van der Waals surface area contributed by atoms with Crippen molar-refractivity contribution in [1.29, 1.82) is 0 Å². The van der Waals surface area contributed by atoms with Crippen LogP contribution in [0.25, 0.3) is 0 Å². The van der Waals surface area contributed by atoms with Gasteiger partial charge < -0.3 is 0 Å². The summed E-state index contributed by atoms with van der Waals surface area (Å²) in [6, 6.07) is 1.25. The molecule has 2 heteroatoms. The lowest BCUT2D eigenvalue weighted by Gasteiger charge is -2.42. The van der Waals surface area contributed by atoms with Crippen LogP contribution in [0.3, 0.4) is 0 Å². The minimum atomic E-state index is 0.267. The average Bonchev–Trinajstić information content (AvgIpc) is 2.25. The monoisotopic (exact) mass is 209 g/mol. The number of likely N-dealkylation sites (tertiary alicyclic amines) is 1. The lowest BCUT2D eigenvalue weighted by molar-refractivity contribution is -0.128. The number of nitrogens with zero attached hydrogens (tertiary/aromatic N) is 1. The predicted octanol–water partition coefficient (Wildman–Crippen LogP) is 2.62. The molecule has 0 radical (unpaired) electrons. The molecule has 1 saturated heterocycles. The van der Waals surface area contributed by atoms with E-state index >= 15 is 0 Å². The van der Waals surface area contributed by atoms with Gasteiger partial charge in [0, 0.05) is 31.0 Å². The van der Waals surface area contributed by atoms with Gasteiger partial charge >= 0.3 is 0 Å². The summed E-state index contributed by atoms with van der Waals surface area (Å²) in [5.74, 6) is 0.734. The molecule has 0 aromatic heterocycles. The Morgan fingerprint density at radius 3 is 2.47 bits per heavy atom. The zero-order chi connectivity index (χ0) is 10.8. The molecule has 2 aliphatic rings. The molecule has 0 amide bonds. The van der Waals surface area contributed by atoms with Crippen molar-refractivity contribution in [3.8, 4) is 0 Å². The molecule has 1 aliphatic heterocycles. The van der Waals surface area contributed by atoms with Gasteiger partial charge in [0.05, 0.1) is 0 Å². The first-order valence-electron chi connectivity index (χ1n) is 6.47. The van der Waals surface area contributed by atoms with E-state index in [0.717, 1.165) is 19.0 Å². The van der Waals surface area contributed by atoms with E-state index in [2.05, 4.69) is 18.7 Å². The number of carbonyl (C=O) groups is 1. The third-order valence-corrected chi connectivity index (χ3v) is 4.14. The van der Waals surface area contributed by atoms with E-state index in [-0.39, 0.29) is 5.92 Å². The SMILES string of the molecule is C[C@@H]1CN(C2CCCCC2)[C@H](C)CC1=O. The molecule has 0 aromatic rings. The Labute approximate surface area is 93.0 Å². The molecule has 2 atom stereocenters. The first-order chi connectivity index (χ1) is 7.18. The van der Waals surface area contributed by atoms with Crippen LogP contribution in [0.2, 0.25) is 0 Å². The van der Waals surface area contributed by atoms with Crippen LogP contribution < -0.4 is 0 Å². The largest absolute Gasteiger partial charge is 0.299 e. The molecule has 15 heavy (non-hydrogen) atoms. The molecular weight excluding hydrogens is 186 g/mol. The third-order valence-electron chi connectivity index (χ3n) is 4.14. The van der Waals surface area contributed by atoms with Crippen molar-refractivity contribution in [2.45, 2.75) is 64.5 Å². The Kier molecular flexibility index (Phi) is 3.45. The van der Waals surface area contributed by atoms with Gasteiger partial charge in [-0.2, -0.15) is 0 Å². The summed E-state index contributed by atoms with van der Waals surface area (Å²) in [5.41, 5.74) is 0. The molecule has 1 aliphatic carbocycles. The maximum absolute atomic E-state index is 11.6. The second kappa shape index (κ2) is 4.65. The van der Waals surface area contributed by atoms with E-state index in [4.69, 9.17) is 0 Å². The molecule has 0 N–H and O–H groups in total. The highest BCUT2D eigenvalue weighted by Gasteiger charge is 2.33. The number of ketones is 1. The fraction of sp³-hybridized carbons (Fsp3) is 0.923. The molecule has 0 spiro atoms.